The number of rotatable bonds is 7. The molecule has 0 aromatic carbocycles. The van der Waals surface area contributed by atoms with Crippen LogP contribution in [0, 0.1) is 0 Å². The summed E-state index contributed by atoms with van der Waals surface area (Å²) < 4.78 is 5.42. The summed E-state index contributed by atoms with van der Waals surface area (Å²) in [7, 11) is 1.67. The van der Waals surface area contributed by atoms with E-state index in [4.69, 9.17) is 22.7 Å². The predicted octanol–water partition coefficient (Wildman–Crippen LogP) is 1.52. The zero-order valence-electron chi connectivity index (χ0n) is 10.6. The van der Waals surface area contributed by atoms with Crippen LogP contribution in [0.2, 0.25) is 0 Å². The van der Waals surface area contributed by atoms with Crippen molar-refractivity contribution in [3.8, 4) is 0 Å². The van der Waals surface area contributed by atoms with Crippen LogP contribution in [-0.2, 0) is 9.53 Å². The number of thiocarbonyl (C=S) groups is 1. The van der Waals surface area contributed by atoms with E-state index in [1.54, 1.807) is 7.11 Å². The van der Waals surface area contributed by atoms with E-state index < -0.39 is 0 Å². The zero-order chi connectivity index (χ0) is 12.9. The number of nitrogens with one attached hydrogen (secondary N) is 1. The highest BCUT2D eigenvalue weighted by atomic mass is 32.1. The molecule has 1 amide bonds. The molecule has 1 aliphatic rings. The van der Waals surface area contributed by atoms with Crippen LogP contribution in [0.25, 0.3) is 0 Å². The van der Waals surface area contributed by atoms with Crippen LogP contribution in [0.3, 0.4) is 0 Å². The van der Waals surface area contributed by atoms with E-state index in [9.17, 15) is 4.79 Å². The monoisotopic (exact) mass is 258 g/mol. The summed E-state index contributed by atoms with van der Waals surface area (Å²) in [5.74, 6) is -0.0159. The van der Waals surface area contributed by atoms with Crippen LogP contribution >= 0.6 is 12.2 Å². The molecule has 17 heavy (non-hydrogen) atoms. The number of ether oxygens (including phenoxy) is 1. The first-order valence-electron chi connectivity index (χ1n) is 6.17. The molecule has 1 rings (SSSR count). The Bertz CT molecular complexity index is 285. The molecular formula is C12H22N2O2S. The fourth-order valence-electron chi connectivity index (χ4n) is 2.14. The van der Waals surface area contributed by atoms with E-state index in [0.717, 1.165) is 32.1 Å². The average Bonchev–Trinajstić information content (AvgIpc) is 2.22. The summed E-state index contributed by atoms with van der Waals surface area (Å²) in [6.07, 6.45) is 5.20. The minimum Gasteiger partial charge on any atom is -0.392 e. The van der Waals surface area contributed by atoms with Crippen molar-refractivity contribution in [1.82, 2.24) is 5.32 Å². The summed E-state index contributed by atoms with van der Waals surface area (Å²) in [5, 5.41) is 2.89. The lowest BCUT2D eigenvalue weighted by atomic mass is 9.77. The highest BCUT2D eigenvalue weighted by molar-refractivity contribution is 7.80. The van der Waals surface area contributed by atoms with Crippen molar-refractivity contribution in [3.63, 3.8) is 0 Å². The lowest BCUT2D eigenvalue weighted by molar-refractivity contribution is -0.134. The summed E-state index contributed by atoms with van der Waals surface area (Å²) in [6, 6.07) is -0.184. The van der Waals surface area contributed by atoms with Gasteiger partial charge in [0, 0.05) is 7.11 Å². The average molecular weight is 258 g/mol. The van der Waals surface area contributed by atoms with E-state index in [0.29, 0.717) is 11.4 Å². The van der Waals surface area contributed by atoms with Crippen LogP contribution in [0.5, 0.6) is 0 Å². The Morgan fingerprint density at radius 1 is 1.59 bits per heavy atom. The predicted molar refractivity (Wildman–Crippen MR) is 71.8 cm³/mol. The first kappa shape index (κ1) is 14.4. The zero-order valence-corrected chi connectivity index (χ0v) is 11.4. The van der Waals surface area contributed by atoms with Gasteiger partial charge < -0.3 is 15.8 Å². The molecule has 0 aliphatic heterocycles. The second-order valence-corrected chi connectivity index (χ2v) is 5.20. The number of carbonyl (C=O) groups excluding carboxylic acids is 1. The van der Waals surface area contributed by atoms with Crippen molar-refractivity contribution >= 4 is 23.1 Å². The molecule has 0 spiro atoms. The molecule has 5 heteroatoms. The molecule has 1 unspecified atom stereocenters. The van der Waals surface area contributed by atoms with Gasteiger partial charge in [-0.3, -0.25) is 4.79 Å². The van der Waals surface area contributed by atoms with E-state index in [2.05, 4.69) is 5.32 Å². The number of hydrogen-bond acceptors (Lipinski definition) is 3. The SMILES string of the molecule is CCCC(NC(=O)CC1(OC)CCC1)C(N)=S. The fraction of sp³-hybridized carbons (Fsp3) is 0.833. The quantitative estimate of drug-likeness (QED) is 0.680. The molecule has 4 nitrogen and oxygen atoms in total. The normalized spacial score (nSPS) is 19.2. The standard InChI is InChI=1S/C12H22N2O2S/c1-3-5-9(11(13)17)14-10(15)8-12(16-2)6-4-7-12/h9H,3-8H2,1-2H3,(H2,13,17)(H,14,15). The lowest BCUT2D eigenvalue weighted by Crippen LogP contribution is -2.48. The third-order valence-electron chi connectivity index (χ3n) is 3.44. The molecule has 1 aliphatic carbocycles. The smallest absolute Gasteiger partial charge is 0.223 e. The fourth-order valence-corrected chi connectivity index (χ4v) is 2.31. The van der Waals surface area contributed by atoms with Crippen molar-refractivity contribution in [2.45, 2.75) is 57.1 Å². The number of nitrogens with two attached hydrogens (primary N) is 1. The van der Waals surface area contributed by atoms with E-state index >= 15 is 0 Å². The maximum absolute atomic E-state index is 11.9. The lowest BCUT2D eigenvalue weighted by Gasteiger charge is -2.40. The molecule has 1 fully saturated rings. The van der Waals surface area contributed by atoms with Crippen molar-refractivity contribution in [2.75, 3.05) is 7.11 Å². The van der Waals surface area contributed by atoms with Crippen LogP contribution in [0.1, 0.15) is 45.4 Å². The highest BCUT2D eigenvalue weighted by Gasteiger charge is 2.39. The molecule has 1 saturated carbocycles. The summed E-state index contributed by atoms with van der Waals surface area (Å²) in [4.78, 5) is 12.3. The molecule has 1 atom stereocenters. The van der Waals surface area contributed by atoms with Gasteiger partial charge in [0.2, 0.25) is 5.91 Å². The van der Waals surface area contributed by atoms with E-state index in [1.807, 2.05) is 6.92 Å². The Labute approximate surface area is 108 Å². The molecule has 0 radical (unpaired) electrons. The molecule has 98 valence electrons. The number of amides is 1. The molecule has 0 bridgehead atoms. The van der Waals surface area contributed by atoms with Gasteiger partial charge in [0.25, 0.3) is 0 Å². The molecular weight excluding hydrogens is 236 g/mol. The minimum atomic E-state index is -0.239. The highest BCUT2D eigenvalue weighted by Crippen LogP contribution is 2.37. The number of carbonyl (C=O) groups is 1. The summed E-state index contributed by atoms with van der Waals surface area (Å²) in [6.45, 7) is 2.04. The third kappa shape index (κ3) is 3.92. The molecule has 0 aromatic rings. The molecule has 0 saturated heterocycles. The second-order valence-electron chi connectivity index (χ2n) is 4.73. The van der Waals surface area contributed by atoms with Gasteiger partial charge in [-0.1, -0.05) is 25.6 Å². The van der Waals surface area contributed by atoms with Crippen LogP contribution in [0.4, 0.5) is 0 Å². The van der Waals surface area contributed by atoms with Gasteiger partial charge in [-0.2, -0.15) is 0 Å². The maximum atomic E-state index is 11.9. The first-order chi connectivity index (χ1) is 8.03. The second kappa shape index (κ2) is 6.31. The van der Waals surface area contributed by atoms with Gasteiger partial charge in [0.15, 0.2) is 0 Å². The molecule has 0 aromatic heterocycles. The van der Waals surface area contributed by atoms with Crippen LogP contribution < -0.4 is 11.1 Å². The Kier molecular flexibility index (Phi) is 5.33. The van der Waals surface area contributed by atoms with Crippen LogP contribution in [-0.4, -0.2) is 29.6 Å². The maximum Gasteiger partial charge on any atom is 0.223 e. The summed E-state index contributed by atoms with van der Waals surface area (Å²) >= 11 is 4.94. The van der Waals surface area contributed by atoms with Crippen molar-refractivity contribution in [2.24, 2.45) is 5.73 Å². The van der Waals surface area contributed by atoms with E-state index in [1.165, 1.54) is 0 Å². The van der Waals surface area contributed by atoms with Gasteiger partial charge in [-0.05, 0) is 25.7 Å². The van der Waals surface area contributed by atoms with Crippen LogP contribution in [0.15, 0.2) is 0 Å². The van der Waals surface area contributed by atoms with Gasteiger partial charge in [0.05, 0.1) is 23.1 Å². The Hall–Kier alpha value is -0.680. The van der Waals surface area contributed by atoms with Crippen molar-refractivity contribution in [3.05, 3.63) is 0 Å². The van der Waals surface area contributed by atoms with Crippen molar-refractivity contribution in [1.29, 1.82) is 0 Å². The number of hydrogen-bond donors (Lipinski definition) is 2. The first-order valence-corrected chi connectivity index (χ1v) is 6.57. The van der Waals surface area contributed by atoms with Gasteiger partial charge in [-0.15, -0.1) is 0 Å². The largest absolute Gasteiger partial charge is 0.392 e. The Morgan fingerprint density at radius 3 is 2.59 bits per heavy atom. The van der Waals surface area contributed by atoms with Gasteiger partial charge >= 0.3 is 0 Å². The van der Waals surface area contributed by atoms with Crippen molar-refractivity contribution < 1.29 is 9.53 Å². The topological polar surface area (TPSA) is 64.3 Å². The Morgan fingerprint density at radius 2 is 2.24 bits per heavy atom. The molecule has 0 heterocycles. The van der Waals surface area contributed by atoms with E-state index in [-0.39, 0.29) is 17.6 Å². The van der Waals surface area contributed by atoms with Gasteiger partial charge in [-0.25, -0.2) is 0 Å². The molecule has 3 N–H and O–H groups in total. The minimum absolute atomic E-state index is 0.0159. The Balaban J connectivity index is 2.44. The third-order valence-corrected chi connectivity index (χ3v) is 3.72. The number of methoxy groups -OCH3 is 1. The summed E-state index contributed by atoms with van der Waals surface area (Å²) in [5.41, 5.74) is 5.36. The van der Waals surface area contributed by atoms with Gasteiger partial charge in [0.1, 0.15) is 0 Å².